The van der Waals surface area contributed by atoms with Crippen LogP contribution < -0.4 is 0 Å². The SMILES string of the molecule is CCOC1CCC(Cc2cc([C@@H]3O[C@H](CO)[C@@H](O)C(O)[C@H]3O)ccc2Cl)CC1. The zero-order valence-electron chi connectivity index (χ0n) is 16.2. The summed E-state index contributed by atoms with van der Waals surface area (Å²) in [7, 11) is 0. The molecule has 1 heterocycles. The number of hydrogen-bond donors (Lipinski definition) is 4. The van der Waals surface area contributed by atoms with E-state index < -0.39 is 37.1 Å². The average molecular weight is 415 g/mol. The summed E-state index contributed by atoms with van der Waals surface area (Å²) < 4.78 is 11.4. The first-order chi connectivity index (χ1) is 13.4. The van der Waals surface area contributed by atoms with E-state index in [0.717, 1.165) is 44.3 Å². The van der Waals surface area contributed by atoms with Crippen LogP contribution in [0.3, 0.4) is 0 Å². The lowest BCUT2D eigenvalue weighted by Gasteiger charge is -2.40. The van der Waals surface area contributed by atoms with Crippen molar-refractivity contribution in [2.24, 2.45) is 5.92 Å². The predicted octanol–water partition coefficient (Wildman–Crippen LogP) is 1.99. The van der Waals surface area contributed by atoms with Gasteiger partial charge in [0.15, 0.2) is 0 Å². The lowest BCUT2D eigenvalue weighted by atomic mass is 9.82. The third-order valence-electron chi connectivity index (χ3n) is 6.00. The smallest absolute Gasteiger partial charge is 0.113 e. The summed E-state index contributed by atoms with van der Waals surface area (Å²) in [5.41, 5.74) is 1.66. The molecule has 1 saturated carbocycles. The molecule has 1 aliphatic heterocycles. The van der Waals surface area contributed by atoms with E-state index in [-0.39, 0.29) is 0 Å². The lowest BCUT2D eigenvalue weighted by molar-refractivity contribution is -0.231. The first-order valence-electron chi connectivity index (χ1n) is 10.1. The Hall–Kier alpha value is -0.730. The molecule has 28 heavy (non-hydrogen) atoms. The fourth-order valence-electron chi connectivity index (χ4n) is 4.35. The van der Waals surface area contributed by atoms with Gasteiger partial charge >= 0.3 is 0 Å². The van der Waals surface area contributed by atoms with Gasteiger partial charge in [0, 0.05) is 11.6 Å². The summed E-state index contributed by atoms with van der Waals surface area (Å²) in [6.45, 7) is 2.34. The second-order valence-electron chi connectivity index (χ2n) is 7.90. The third-order valence-corrected chi connectivity index (χ3v) is 6.36. The van der Waals surface area contributed by atoms with Gasteiger partial charge in [-0.15, -0.1) is 0 Å². The molecule has 5 atom stereocenters. The molecule has 7 heteroatoms. The molecule has 0 spiro atoms. The fourth-order valence-corrected chi connectivity index (χ4v) is 4.55. The largest absolute Gasteiger partial charge is 0.394 e. The zero-order chi connectivity index (χ0) is 20.3. The highest BCUT2D eigenvalue weighted by atomic mass is 35.5. The van der Waals surface area contributed by atoms with E-state index in [1.165, 1.54) is 0 Å². The molecular weight excluding hydrogens is 384 g/mol. The molecule has 4 N–H and O–H groups in total. The lowest BCUT2D eigenvalue weighted by Crippen LogP contribution is -2.55. The van der Waals surface area contributed by atoms with Gasteiger partial charge in [-0.3, -0.25) is 0 Å². The van der Waals surface area contributed by atoms with Crippen LogP contribution in [0, 0.1) is 5.92 Å². The van der Waals surface area contributed by atoms with Crippen molar-refractivity contribution in [3.05, 3.63) is 34.3 Å². The van der Waals surface area contributed by atoms with Gasteiger partial charge in [0.05, 0.1) is 12.7 Å². The number of rotatable bonds is 6. The van der Waals surface area contributed by atoms with Gasteiger partial charge in [0.1, 0.15) is 30.5 Å². The molecule has 1 aromatic rings. The van der Waals surface area contributed by atoms with Crippen LogP contribution in [0.2, 0.25) is 5.02 Å². The molecule has 3 rings (SSSR count). The van der Waals surface area contributed by atoms with Crippen LogP contribution in [0.4, 0.5) is 0 Å². The van der Waals surface area contributed by atoms with E-state index in [1.807, 2.05) is 13.0 Å². The van der Waals surface area contributed by atoms with Crippen LogP contribution in [-0.4, -0.2) is 64.2 Å². The van der Waals surface area contributed by atoms with Crippen LogP contribution in [0.5, 0.6) is 0 Å². The molecular formula is C21H31ClO6. The van der Waals surface area contributed by atoms with Gasteiger partial charge in [-0.2, -0.15) is 0 Å². The Labute approximate surface area is 171 Å². The van der Waals surface area contributed by atoms with Crippen LogP contribution >= 0.6 is 11.6 Å². The summed E-state index contributed by atoms with van der Waals surface area (Å²) in [6, 6.07) is 5.44. The molecule has 0 radical (unpaired) electrons. The minimum Gasteiger partial charge on any atom is -0.394 e. The van der Waals surface area contributed by atoms with E-state index >= 15 is 0 Å². The van der Waals surface area contributed by atoms with E-state index in [0.29, 0.717) is 22.6 Å². The van der Waals surface area contributed by atoms with Gasteiger partial charge in [-0.05, 0) is 62.1 Å². The maximum Gasteiger partial charge on any atom is 0.113 e. The average Bonchev–Trinajstić information content (AvgIpc) is 2.70. The van der Waals surface area contributed by atoms with Crippen molar-refractivity contribution in [2.75, 3.05) is 13.2 Å². The Morgan fingerprint density at radius 1 is 1.07 bits per heavy atom. The highest BCUT2D eigenvalue weighted by Gasteiger charge is 2.44. The Balaban J connectivity index is 1.71. The standard InChI is InChI=1S/C21H31ClO6/c1-2-27-15-6-3-12(4-7-15)9-14-10-13(5-8-16(14)22)21-20(26)19(25)18(24)17(11-23)28-21/h5,8,10,12,15,17-21,23-26H,2-4,6-7,9,11H2,1H3/t12?,15?,17-,18-,19?,20-,21+/m1/s1. The normalized spacial score (nSPS) is 36.4. The maximum absolute atomic E-state index is 10.4. The Morgan fingerprint density at radius 3 is 2.43 bits per heavy atom. The first-order valence-corrected chi connectivity index (χ1v) is 10.5. The number of aliphatic hydroxyl groups excluding tert-OH is 4. The zero-order valence-corrected chi connectivity index (χ0v) is 17.0. The van der Waals surface area contributed by atoms with Crippen molar-refractivity contribution in [1.29, 1.82) is 0 Å². The second kappa shape index (κ2) is 9.85. The summed E-state index contributed by atoms with van der Waals surface area (Å²) >= 11 is 6.42. The van der Waals surface area contributed by atoms with E-state index in [4.69, 9.17) is 21.1 Å². The van der Waals surface area contributed by atoms with E-state index in [9.17, 15) is 20.4 Å². The van der Waals surface area contributed by atoms with Crippen LogP contribution in [0.1, 0.15) is 49.8 Å². The van der Waals surface area contributed by atoms with E-state index in [2.05, 4.69) is 0 Å². The maximum atomic E-state index is 10.4. The molecule has 1 unspecified atom stereocenters. The molecule has 158 valence electrons. The van der Waals surface area contributed by atoms with Gasteiger partial charge < -0.3 is 29.9 Å². The molecule has 1 aromatic carbocycles. The van der Waals surface area contributed by atoms with Crippen molar-refractivity contribution in [3.63, 3.8) is 0 Å². The Morgan fingerprint density at radius 2 is 1.79 bits per heavy atom. The highest BCUT2D eigenvalue weighted by Crippen LogP contribution is 2.36. The van der Waals surface area contributed by atoms with Crippen molar-refractivity contribution in [3.8, 4) is 0 Å². The molecule has 6 nitrogen and oxygen atoms in total. The van der Waals surface area contributed by atoms with Gasteiger partial charge in [-0.25, -0.2) is 0 Å². The third kappa shape index (κ3) is 4.87. The van der Waals surface area contributed by atoms with Crippen molar-refractivity contribution < 1.29 is 29.9 Å². The van der Waals surface area contributed by atoms with Crippen LogP contribution in [0.15, 0.2) is 18.2 Å². The monoisotopic (exact) mass is 414 g/mol. The quantitative estimate of drug-likeness (QED) is 0.568. The van der Waals surface area contributed by atoms with Crippen molar-refractivity contribution >= 4 is 11.6 Å². The molecule has 2 aliphatic rings. The summed E-state index contributed by atoms with van der Waals surface area (Å²) in [5, 5.41) is 40.5. The summed E-state index contributed by atoms with van der Waals surface area (Å²) in [5.74, 6) is 0.527. The number of halogens is 1. The van der Waals surface area contributed by atoms with Crippen LogP contribution in [-0.2, 0) is 15.9 Å². The van der Waals surface area contributed by atoms with Gasteiger partial charge in [-0.1, -0.05) is 23.7 Å². The topological polar surface area (TPSA) is 99.4 Å². The van der Waals surface area contributed by atoms with E-state index in [1.54, 1.807) is 12.1 Å². The fraction of sp³-hybridized carbons (Fsp3) is 0.714. The van der Waals surface area contributed by atoms with Crippen molar-refractivity contribution in [1.82, 2.24) is 0 Å². The number of ether oxygens (including phenoxy) is 2. The number of hydrogen-bond acceptors (Lipinski definition) is 6. The minimum absolute atomic E-state index is 0.358. The van der Waals surface area contributed by atoms with Gasteiger partial charge in [0.2, 0.25) is 0 Å². The van der Waals surface area contributed by atoms with Crippen molar-refractivity contribution in [2.45, 2.75) is 75.7 Å². The second-order valence-corrected chi connectivity index (χ2v) is 8.31. The van der Waals surface area contributed by atoms with Gasteiger partial charge in [0.25, 0.3) is 0 Å². The molecule has 1 saturated heterocycles. The molecule has 2 fully saturated rings. The highest BCUT2D eigenvalue weighted by molar-refractivity contribution is 6.31. The Bertz CT molecular complexity index is 631. The molecule has 0 bridgehead atoms. The van der Waals surface area contributed by atoms with Crippen LogP contribution in [0.25, 0.3) is 0 Å². The molecule has 0 aromatic heterocycles. The predicted molar refractivity (Wildman–Crippen MR) is 105 cm³/mol. The summed E-state index contributed by atoms with van der Waals surface area (Å²) in [4.78, 5) is 0. The molecule has 1 aliphatic carbocycles. The summed E-state index contributed by atoms with van der Waals surface area (Å²) in [6.07, 6.45) is -0.292. The Kier molecular flexibility index (Phi) is 7.73. The molecule has 0 amide bonds. The minimum atomic E-state index is -1.39. The number of benzene rings is 1. The first kappa shape index (κ1) is 22.0. The number of aliphatic hydroxyl groups is 4.